The van der Waals surface area contributed by atoms with Crippen molar-refractivity contribution in [2.45, 2.75) is 6.92 Å². The quantitative estimate of drug-likeness (QED) is 0.641. The molecule has 0 N–H and O–H groups in total. The van der Waals surface area contributed by atoms with Crippen LogP contribution < -0.4 is 0 Å². The summed E-state index contributed by atoms with van der Waals surface area (Å²) in [6.07, 6.45) is 1.71. The predicted octanol–water partition coefficient (Wildman–Crippen LogP) is 3.06. The van der Waals surface area contributed by atoms with Crippen molar-refractivity contribution >= 4 is 21.6 Å². The lowest BCUT2D eigenvalue weighted by Crippen LogP contribution is -1.84. The molecule has 78 valence electrons. The number of nitrogens with zero attached hydrogens (tertiary/aromatic N) is 3. The van der Waals surface area contributed by atoms with Crippen LogP contribution in [0.4, 0.5) is 0 Å². The smallest absolute Gasteiger partial charge is 0.124 e. The number of hydrogen-bond donors (Lipinski definition) is 0. The third kappa shape index (κ3) is 1.47. The summed E-state index contributed by atoms with van der Waals surface area (Å²) in [7, 11) is 0. The fourth-order valence-corrected chi connectivity index (χ4v) is 2.58. The Morgan fingerprint density at radius 2 is 1.94 bits per heavy atom. The highest BCUT2D eigenvalue weighted by molar-refractivity contribution is 7.21. The summed E-state index contributed by atoms with van der Waals surface area (Å²) >= 11 is 1.66. The van der Waals surface area contributed by atoms with Gasteiger partial charge in [0.25, 0.3) is 0 Å². The topological polar surface area (TPSA) is 38.7 Å². The van der Waals surface area contributed by atoms with Crippen molar-refractivity contribution in [3.8, 4) is 10.6 Å². The minimum Gasteiger partial charge on any atom is -0.234 e. The van der Waals surface area contributed by atoms with Gasteiger partial charge in [-0.2, -0.15) is 10.2 Å². The van der Waals surface area contributed by atoms with Crippen LogP contribution in [-0.4, -0.2) is 15.2 Å². The van der Waals surface area contributed by atoms with Gasteiger partial charge in [0, 0.05) is 5.56 Å². The molecule has 2 heterocycles. The molecule has 0 saturated carbocycles. The molecule has 4 heteroatoms. The van der Waals surface area contributed by atoms with Crippen molar-refractivity contribution in [1.29, 1.82) is 0 Å². The Hall–Kier alpha value is -1.81. The molecule has 1 aromatic carbocycles. The molecule has 0 fully saturated rings. The molecule has 0 radical (unpaired) electrons. The first-order valence-corrected chi connectivity index (χ1v) is 5.80. The minimum atomic E-state index is 0.927. The summed E-state index contributed by atoms with van der Waals surface area (Å²) in [6, 6.07) is 10.2. The normalized spacial score (nSPS) is 10.8. The molecule has 0 spiro atoms. The number of thiazole rings is 1. The van der Waals surface area contributed by atoms with E-state index in [0.717, 1.165) is 26.5 Å². The van der Waals surface area contributed by atoms with Crippen LogP contribution in [-0.2, 0) is 0 Å². The first-order chi connectivity index (χ1) is 7.84. The first-order valence-electron chi connectivity index (χ1n) is 4.99. The van der Waals surface area contributed by atoms with E-state index in [2.05, 4.69) is 27.3 Å². The molecular formula is C12H9N3S. The van der Waals surface area contributed by atoms with Crippen LogP contribution in [0.1, 0.15) is 5.69 Å². The zero-order valence-corrected chi connectivity index (χ0v) is 9.53. The fourth-order valence-electron chi connectivity index (χ4n) is 1.60. The Morgan fingerprint density at radius 1 is 1.12 bits per heavy atom. The molecule has 0 saturated heterocycles. The van der Waals surface area contributed by atoms with Crippen LogP contribution in [0.3, 0.4) is 0 Å². The minimum absolute atomic E-state index is 0.927. The summed E-state index contributed by atoms with van der Waals surface area (Å²) in [5.41, 5.74) is 3.01. The molecule has 0 amide bonds. The Bertz CT molecular complexity index is 631. The van der Waals surface area contributed by atoms with E-state index in [1.807, 2.05) is 25.1 Å². The summed E-state index contributed by atoms with van der Waals surface area (Å²) < 4.78 is 1.12. The van der Waals surface area contributed by atoms with Crippen molar-refractivity contribution in [2.75, 3.05) is 0 Å². The lowest BCUT2D eigenvalue weighted by atomic mass is 10.2. The Kier molecular flexibility index (Phi) is 2.15. The number of aromatic nitrogens is 3. The highest BCUT2D eigenvalue weighted by atomic mass is 32.1. The molecule has 0 bridgehead atoms. The van der Waals surface area contributed by atoms with Gasteiger partial charge in [0.15, 0.2) is 0 Å². The van der Waals surface area contributed by atoms with Gasteiger partial charge in [-0.25, -0.2) is 4.98 Å². The van der Waals surface area contributed by atoms with Gasteiger partial charge in [0.1, 0.15) is 10.5 Å². The lowest BCUT2D eigenvalue weighted by molar-refractivity contribution is 1.00. The van der Waals surface area contributed by atoms with E-state index in [9.17, 15) is 0 Å². The summed E-state index contributed by atoms with van der Waals surface area (Å²) in [6.45, 7) is 1.96. The molecule has 0 aliphatic rings. The van der Waals surface area contributed by atoms with Gasteiger partial charge in [-0.3, -0.25) is 0 Å². The number of hydrogen-bond acceptors (Lipinski definition) is 4. The van der Waals surface area contributed by atoms with E-state index in [0.29, 0.717) is 0 Å². The maximum atomic E-state index is 4.56. The van der Waals surface area contributed by atoms with Crippen LogP contribution in [0.5, 0.6) is 0 Å². The van der Waals surface area contributed by atoms with Crippen molar-refractivity contribution in [2.24, 2.45) is 0 Å². The number of aryl methyl sites for hydroxylation is 1. The zero-order chi connectivity index (χ0) is 11.0. The average molecular weight is 227 g/mol. The van der Waals surface area contributed by atoms with Crippen LogP contribution in [0, 0.1) is 6.92 Å². The molecule has 0 atom stereocenters. The van der Waals surface area contributed by atoms with Crippen molar-refractivity contribution in [3.05, 3.63) is 42.2 Å². The summed E-state index contributed by atoms with van der Waals surface area (Å²) in [5, 5.41) is 8.97. The van der Waals surface area contributed by atoms with Gasteiger partial charge in [-0.15, -0.1) is 11.3 Å². The van der Waals surface area contributed by atoms with E-state index in [4.69, 9.17) is 0 Å². The fraction of sp³-hybridized carbons (Fsp3) is 0.0833. The highest BCUT2D eigenvalue weighted by Crippen LogP contribution is 2.30. The SMILES string of the molecule is Cc1nncc2nc(-c3ccccc3)sc12. The van der Waals surface area contributed by atoms with Gasteiger partial charge >= 0.3 is 0 Å². The van der Waals surface area contributed by atoms with Crippen molar-refractivity contribution in [1.82, 2.24) is 15.2 Å². The van der Waals surface area contributed by atoms with Crippen LogP contribution in [0.25, 0.3) is 20.8 Å². The van der Waals surface area contributed by atoms with Crippen molar-refractivity contribution < 1.29 is 0 Å². The molecule has 3 rings (SSSR count). The van der Waals surface area contributed by atoms with Crippen LogP contribution >= 0.6 is 11.3 Å². The maximum Gasteiger partial charge on any atom is 0.124 e. The summed E-state index contributed by atoms with van der Waals surface area (Å²) in [5.74, 6) is 0. The van der Waals surface area contributed by atoms with Gasteiger partial charge < -0.3 is 0 Å². The average Bonchev–Trinajstić information content (AvgIpc) is 2.76. The van der Waals surface area contributed by atoms with Crippen LogP contribution in [0.15, 0.2) is 36.5 Å². The summed E-state index contributed by atoms with van der Waals surface area (Å²) in [4.78, 5) is 4.56. The third-order valence-corrected chi connectivity index (χ3v) is 3.62. The third-order valence-electron chi connectivity index (χ3n) is 2.39. The second-order valence-corrected chi connectivity index (χ2v) is 4.53. The maximum absolute atomic E-state index is 4.56. The number of benzene rings is 1. The molecule has 3 aromatic rings. The molecule has 0 aliphatic carbocycles. The predicted molar refractivity (Wildman–Crippen MR) is 65.4 cm³/mol. The largest absolute Gasteiger partial charge is 0.234 e. The van der Waals surface area contributed by atoms with Gasteiger partial charge in [0.2, 0.25) is 0 Å². The standard InChI is InChI=1S/C12H9N3S/c1-8-11-10(7-13-15-8)14-12(16-11)9-5-3-2-4-6-9/h2-7H,1H3. The number of rotatable bonds is 1. The lowest BCUT2D eigenvalue weighted by Gasteiger charge is -1.92. The number of fused-ring (bicyclic) bond motifs is 1. The molecule has 3 nitrogen and oxygen atoms in total. The van der Waals surface area contributed by atoms with E-state index >= 15 is 0 Å². The first kappa shape index (κ1) is 9.42. The Morgan fingerprint density at radius 3 is 2.69 bits per heavy atom. The molecule has 0 unspecified atom stereocenters. The molecule has 2 aromatic heterocycles. The van der Waals surface area contributed by atoms with Gasteiger partial charge in [-0.1, -0.05) is 30.3 Å². The van der Waals surface area contributed by atoms with Gasteiger partial charge in [0.05, 0.1) is 16.6 Å². The zero-order valence-electron chi connectivity index (χ0n) is 8.71. The van der Waals surface area contributed by atoms with E-state index < -0.39 is 0 Å². The Labute approximate surface area is 96.8 Å². The highest BCUT2D eigenvalue weighted by Gasteiger charge is 2.08. The second-order valence-electron chi connectivity index (χ2n) is 3.53. The van der Waals surface area contributed by atoms with Gasteiger partial charge in [-0.05, 0) is 6.92 Å². The van der Waals surface area contributed by atoms with Crippen molar-refractivity contribution in [3.63, 3.8) is 0 Å². The van der Waals surface area contributed by atoms with E-state index in [1.54, 1.807) is 17.5 Å². The Balaban J connectivity index is 2.23. The molecule has 16 heavy (non-hydrogen) atoms. The van der Waals surface area contributed by atoms with E-state index in [-0.39, 0.29) is 0 Å². The monoisotopic (exact) mass is 227 g/mol. The molecular weight excluding hydrogens is 218 g/mol. The van der Waals surface area contributed by atoms with E-state index in [1.165, 1.54) is 0 Å². The molecule has 0 aliphatic heterocycles. The second kappa shape index (κ2) is 3.64. The van der Waals surface area contributed by atoms with Crippen LogP contribution in [0.2, 0.25) is 0 Å².